The lowest BCUT2D eigenvalue weighted by Gasteiger charge is -2.30. The maximum atomic E-state index is 12.2. The lowest BCUT2D eigenvalue weighted by atomic mass is 9.75. The zero-order chi connectivity index (χ0) is 44.7. The highest BCUT2D eigenvalue weighted by molar-refractivity contribution is 7.94. The van der Waals surface area contributed by atoms with Gasteiger partial charge in [-0.2, -0.15) is 25.7 Å². The van der Waals surface area contributed by atoms with Crippen LogP contribution in [0.25, 0.3) is 0 Å². The monoisotopic (exact) mass is 926 g/mol. The number of benzene rings is 2. The topological polar surface area (TPSA) is 232 Å². The highest BCUT2D eigenvalue weighted by Gasteiger charge is 2.48. The van der Waals surface area contributed by atoms with Crippen LogP contribution in [0.2, 0.25) is 0 Å². The highest BCUT2D eigenvalue weighted by Crippen LogP contribution is 2.52. The van der Waals surface area contributed by atoms with E-state index in [1.807, 2.05) is 61.6 Å². The van der Waals surface area contributed by atoms with Crippen molar-refractivity contribution in [3.63, 3.8) is 0 Å². The molecule has 2 unspecified atom stereocenters. The van der Waals surface area contributed by atoms with Gasteiger partial charge in [-0.25, -0.2) is 5.26 Å². The molecule has 2 atom stereocenters. The van der Waals surface area contributed by atoms with E-state index in [1.54, 1.807) is 6.07 Å². The van der Waals surface area contributed by atoms with Gasteiger partial charge in [0.2, 0.25) is 5.69 Å². The number of likely N-dealkylation sites (N-methyl/N-ethyl adjacent to an activating group) is 1. The summed E-state index contributed by atoms with van der Waals surface area (Å²) in [6.45, 7) is 7.37. The second-order valence-electron chi connectivity index (χ2n) is 15.0. The molecule has 0 bridgehead atoms. The van der Waals surface area contributed by atoms with Gasteiger partial charge < -0.3 is 15.3 Å². The van der Waals surface area contributed by atoms with Crippen molar-refractivity contribution < 1.29 is 69.7 Å². The lowest BCUT2D eigenvalue weighted by molar-refractivity contribution is -0.777. The summed E-state index contributed by atoms with van der Waals surface area (Å²) in [6, 6.07) is 10.3. The van der Waals surface area contributed by atoms with Crippen LogP contribution in [-0.2, 0) is 54.6 Å². The van der Waals surface area contributed by atoms with Crippen LogP contribution in [0.1, 0.15) is 96.1 Å². The van der Waals surface area contributed by atoms with E-state index >= 15 is 0 Å². The number of aliphatic carboxylic acids is 1. The van der Waals surface area contributed by atoms with Gasteiger partial charge in [0.05, 0.1) is 28.1 Å². The first-order valence-electron chi connectivity index (χ1n) is 19.8. The third-order valence-electron chi connectivity index (χ3n) is 11.0. The Hall–Kier alpha value is -3.38. The Morgan fingerprint density at radius 3 is 2.28 bits per heavy atom. The van der Waals surface area contributed by atoms with Crippen LogP contribution in [-0.4, -0.2) is 77.2 Å². The summed E-state index contributed by atoms with van der Waals surface area (Å²) in [7, 11) is -8.73. The van der Waals surface area contributed by atoms with Crippen molar-refractivity contribution >= 4 is 67.4 Å². The first-order valence-corrected chi connectivity index (χ1v) is 24.5. The average molecular weight is 927 g/mol. The van der Waals surface area contributed by atoms with Crippen molar-refractivity contribution in [1.29, 1.82) is 0 Å². The molecule has 2 aromatic carbocycles. The van der Waals surface area contributed by atoms with Gasteiger partial charge >= 0.3 is 5.97 Å². The van der Waals surface area contributed by atoms with Crippen molar-refractivity contribution in [3.8, 4) is 0 Å². The number of carboxylic acid groups (broad SMARTS) is 1. The SMILES string of the molecule is CCN1/C(=C/C=C/C=C/C=C/C2=[N+](CCCCCC(=O)O)c3ccc(S(=O)(=O)O)cc3C2(C)CCCCS(=O)(=O)O)C(C)(CCCCSOOO)c2cc(SOO[O-])ccc21. The average Bonchev–Trinajstić information content (AvgIpc) is 3.58. The zero-order valence-corrected chi connectivity index (χ0v) is 37.6. The quantitative estimate of drug-likeness (QED) is 0.0127. The number of rotatable bonds is 27. The number of unbranched alkanes of at least 4 members (excludes halogenated alkanes) is 4. The van der Waals surface area contributed by atoms with Crippen LogP contribution in [0, 0.1) is 0 Å². The number of anilines is 1. The molecule has 20 heteroatoms. The fraction of sp³-hybridized carbons (Fsp3) is 0.463. The minimum atomic E-state index is -4.54. The molecular weight excluding hydrogens is 873 g/mol. The second-order valence-corrected chi connectivity index (χ2v) is 19.6. The first-order chi connectivity index (χ1) is 29.0. The molecule has 2 aliphatic rings. The smallest absolute Gasteiger partial charge is 0.303 e. The van der Waals surface area contributed by atoms with Crippen molar-refractivity contribution in [2.75, 3.05) is 29.5 Å². The van der Waals surface area contributed by atoms with E-state index in [9.17, 15) is 36.0 Å². The fourth-order valence-electron chi connectivity index (χ4n) is 8.10. The number of allylic oxidation sites excluding steroid dienone is 8. The molecule has 0 saturated heterocycles. The van der Waals surface area contributed by atoms with E-state index in [0.29, 0.717) is 61.4 Å². The van der Waals surface area contributed by atoms with Gasteiger partial charge in [0.25, 0.3) is 20.2 Å². The Labute approximate surface area is 366 Å². The Balaban J connectivity index is 1.65. The van der Waals surface area contributed by atoms with Gasteiger partial charge in [0, 0.05) is 76.6 Å². The summed E-state index contributed by atoms with van der Waals surface area (Å²) in [4.78, 5) is 13.8. The predicted molar refractivity (Wildman–Crippen MR) is 231 cm³/mol. The molecular formula is C41H54N2O14S4. The molecule has 0 aliphatic carbocycles. The van der Waals surface area contributed by atoms with Gasteiger partial charge in [0.15, 0.2) is 5.71 Å². The standard InChI is InChI=1S/C41H54N2O14S4/c1-4-42-35-22-20-31(59-57-55-47)29-33(35)40(2,24-12-15-27-58-56-54-46)37(42)17-9-6-5-7-10-18-38-41(3,25-13-16-28-60(48,49)50)34-30-32(61(51,52)53)21-23-36(34)43(38)26-14-8-11-19-39(44)45/h5-7,9-10,17-18,20-23,29-30H,4,8,11-16,19,24-28H2,1-3H3,(H4-,44,45,46,47,48,49,50,51,52,53). The van der Waals surface area contributed by atoms with E-state index in [-0.39, 0.29) is 17.7 Å². The van der Waals surface area contributed by atoms with Crippen LogP contribution >= 0.6 is 24.1 Å². The van der Waals surface area contributed by atoms with Crippen LogP contribution in [0.4, 0.5) is 11.4 Å². The molecule has 0 spiro atoms. The van der Waals surface area contributed by atoms with Crippen LogP contribution in [0.3, 0.4) is 0 Å². The molecule has 0 aromatic heterocycles. The summed E-state index contributed by atoms with van der Waals surface area (Å²) in [5.41, 5.74) is 4.11. The summed E-state index contributed by atoms with van der Waals surface area (Å²) in [5, 5.41) is 35.4. The third kappa shape index (κ3) is 13.8. The van der Waals surface area contributed by atoms with Gasteiger partial charge in [-0.05, 0) is 101 Å². The number of hydrogen-bond acceptors (Lipinski definition) is 14. The van der Waals surface area contributed by atoms with Crippen molar-refractivity contribution in [1.82, 2.24) is 0 Å². The van der Waals surface area contributed by atoms with Crippen LogP contribution in [0.5, 0.6) is 0 Å². The third-order valence-corrected chi connectivity index (χ3v) is 13.8. The summed E-state index contributed by atoms with van der Waals surface area (Å²) in [6.07, 6.45) is 18.6. The summed E-state index contributed by atoms with van der Waals surface area (Å²) < 4.78 is 78.0. The summed E-state index contributed by atoms with van der Waals surface area (Å²) in [5.74, 6) is -0.689. The van der Waals surface area contributed by atoms with Crippen LogP contribution < -0.4 is 10.2 Å². The maximum Gasteiger partial charge on any atom is 0.303 e. The first kappa shape index (κ1) is 50.3. The minimum absolute atomic E-state index is 0.0418. The Bertz CT molecular complexity index is 2210. The number of carboxylic acids is 1. The van der Waals surface area contributed by atoms with Gasteiger partial charge in [-0.1, -0.05) is 48.3 Å². The van der Waals surface area contributed by atoms with Crippen molar-refractivity contribution in [2.45, 2.75) is 106 Å². The van der Waals surface area contributed by atoms with Crippen molar-refractivity contribution in [2.24, 2.45) is 0 Å². The molecule has 0 fully saturated rings. The molecule has 2 aliphatic heterocycles. The Morgan fingerprint density at radius 1 is 0.869 bits per heavy atom. The van der Waals surface area contributed by atoms with Gasteiger partial charge in [-0.15, -0.1) is 4.33 Å². The lowest BCUT2D eigenvalue weighted by Crippen LogP contribution is -2.31. The highest BCUT2D eigenvalue weighted by atomic mass is 32.2. The minimum Gasteiger partial charge on any atom is -0.691 e. The largest absolute Gasteiger partial charge is 0.691 e. The number of hydrogen-bond donors (Lipinski definition) is 4. The summed E-state index contributed by atoms with van der Waals surface area (Å²) >= 11 is 1.85. The van der Waals surface area contributed by atoms with Gasteiger partial charge in [-0.3, -0.25) is 18.9 Å². The zero-order valence-electron chi connectivity index (χ0n) is 34.3. The molecule has 16 nitrogen and oxygen atoms in total. The molecule has 0 amide bonds. The molecule has 336 valence electrons. The fourth-order valence-corrected chi connectivity index (χ4v) is 10.0. The molecule has 0 radical (unpaired) electrons. The van der Waals surface area contributed by atoms with Crippen LogP contribution in [0.15, 0.2) is 94.4 Å². The molecule has 61 heavy (non-hydrogen) atoms. The number of fused-ring (bicyclic) bond motifs is 2. The van der Waals surface area contributed by atoms with E-state index in [1.165, 1.54) is 12.1 Å². The van der Waals surface area contributed by atoms with Gasteiger partial charge in [0.1, 0.15) is 6.54 Å². The van der Waals surface area contributed by atoms with E-state index in [2.05, 4.69) is 48.1 Å². The second kappa shape index (κ2) is 23.3. The normalized spacial score (nSPS) is 20.0. The molecule has 2 heterocycles. The Kier molecular flexibility index (Phi) is 19.2. The predicted octanol–water partition coefficient (Wildman–Crippen LogP) is 7.81. The molecule has 4 rings (SSSR count). The van der Waals surface area contributed by atoms with E-state index in [0.717, 1.165) is 71.7 Å². The van der Waals surface area contributed by atoms with E-state index < -0.39 is 42.8 Å². The van der Waals surface area contributed by atoms with Crippen molar-refractivity contribution in [3.05, 3.63) is 95.8 Å². The molecule has 0 saturated carbocycles. The number of carbonyl (C=O) groups is 1. The maximum absolute atomic E-state index is 12.2. The number of nitrogens with zero attached hydrogens (tertiary/aromatic N) is 2. The molecule has 2 aromatic rings. The van der Waals surface area contributed by atoms with E-state index in [4.69, 9.17) is 10.4 Å². The molecule has 4 N–H and O–H groups in total. The Morgan fingerprint density at radius 2 is 1.59 bits per heavy atom.